The van der Waals surface area contributed by atoms with E-state index in [0.29, 0.717) is 6.42 Å². The van der Waals surface area contributed by atoms with Crippen molar-refractivity contribution in [1.82, 2.24) is 15.0 Å². The molecule has 1 aromatic heterocycles. The lowest BCUT2D eigenvalue weighted by Crippen LogP contribution is -2.25. The molecule has 18 heavy (non-hydrogen) atoms. The van der Waals surface area contributed by atoms with Crippen LogP contribution in [-0.4, -0.2) is 38.8 Å². The molecule has 0 aromatic carbocycles. The van der Waals surface area contributed by atoms with Crippen LogP contribution < -0.4 is 0 Å². The maximum atomic E-state index is 12.8. The van der Waals surface area contributed by atoms with E-state index >= 15 is 0 Å². The molecule has 0 fully saturated rings. The Labute approximate surface area is 103 Å². The number of aryl methyl sites for hydroxylation is 1. The molecule has 6 nitrogen and oxygen atoms in total. The van der Waals surface area contributed by atoms with Gasteiger partial charge in [-0.25, -0.2) is 18.3 Å². The van der Waals surface area contributed by atoms with Crippen LogP contribution in [0.4, 0.5) is 8.78 Å². The first-order chi connectivity index (χ1) is 8.28. The van der Waals surface area contributed by atoms with Gasteiger partial charge in [-0.3, -0.25) is 0 Å². The van der Waals surface area contributed by atoms with Gasteiger partial charge in [0.2, 0.25) is 0 Å². The standard InChI is InChI=1S/C10H15F2N3O3/c1-10(2,18-3)4-5-15-7(8(11)12)6(9(16)17)13-14-15/h8H,4-5H2,1-3H3,(H,16,17). The monoisotopic (exact) mass is 263 g/mol. The van der Waals surface area contributed by atoms with E-state index in [1.165, 1.54) is 7.11 Å². The highest BCUT2D eigenvalue weighted by Gasteiger charge is 2.27. The first-order valence-corrected chi connectivity index (χ1v) is 5.28. The Morgan fingerprint density at radius 1 is 1.56 bits per heavy atom. The number of carboxylic acid groups (broad SMARTS) is 1. The molecule has 102 valence electrons. The van der Waals surface area contributed by atoms with E-state index in [1.807, 2.05) is 0 Å². The average Bonchev–Trinajstić information content (AvgIpc) is 2.70. The van der Waals surface area contributed by atoms with Gasteiger partial charge in [0.05, 0.1) is 5.60 Å². The zero-order chi connectivity index (χ0) is 13.9. The molecule has 0 atom stereocenters. The third-order valence-corrected chi connectivity index (χ3v) is 2.66. The quantitative estimate of drug-likeness (QED) is 0.845. The third-order valence-electron chi connectivity index (χ3n) is 2.66. The molecule has 0 bridgehead atoms. The van der Waals surface area contributed by atoms with E-state index in [-0.39, 0.29) is 6.54 Å². The normalized spacial score (nSPS) is 12.1. The average molecular weight is 263 g/mol. The highest BCUT2D eigenvalue weighted by molar-refractivity contribution is 5.86. The van der Waals surface area contributed by atoms with Crippen molar-refractivity contribution in [2.24, 2.45) is 0 Å². The number of alkyl halides is 2. The lowest BCUT2D eigenvalue weighted by molar-refractivity contribution is 0.0102. The summed E-state index contributed by atoms with van der Waals surface area (Å²) in [6, 6.07) is 0. The number of halogens is 2. The van der Waals surface area contributed by atoms with Crippen LogP contribution in [0.1, 0.15) is 42.9 Å². The van der Waals surface area contributed by atoms with Crippen LogP contribution in [0.25, 0.3) is 0 Å². The molecular weight excluding hydrogens is 248 g/mol. The third kappa shape index (κ3) is 3.22. The number of nitrogens with zero attached hydrogens (tertiary/aromatic N) is 3. The Balaban J connectivity index is 2.93. The zero-order valence-electron chi connectivity index (χ0n) is 10.4. The lowest BCUT2D eigenvalue weighted by Gasteiger charge is -2.22. The number of aromatic carboxylic acids is 1. The van der Waals surface area contributed by atoms with E-state index in [4.69, 9.17) is 9.84 Å². The first kappa shape index (κ1) is 14.5. The topological polar surface area (TPSA) is 77.2 Å². The number of hydrogen-bond acceptors (Lipinski definition) is 4. The number of aromatic nitrogens is 3. The largest absolute Gasteiger partial charge is 0.476 e. The van der Waals surface area contributed by atoms with Gasteiger partial charge in [-0.2, -0.15) is 0 Å². The van der Waals surface area contributed by atoms with E-state index < -0.39 is 29.4 Å². The Bertz CT molecular complexity index is 432. The Hall–Kier alpha value is -1.57. The minimum absolute atomic E-state index is 0.112. The van der Waals surface area contributed by atoms with Gasteiger partial charge in [-0.15, -0.1) is 5.10 Å². The van der Waals surface area contributed by atoms with Crippen molar-refractivity contribution in [3.05, 3.63) is 11.4 Å². The Morgan fingerprint density at radius 3 is 2.61 bits per heavy atom. The van der Waals surface area contributed by atoms with Gasteiger partial charge in [0, 0.05) is 13.7 Å². The van der Waals surface area contributed by atoms with Crippen LogP contribution in [0.15, 0.2) is 0 Å². The summed E-state index contributed by atoms with van der Waals surface area (Å²) >= 11 is 0. The summed E-state index contributed by atoms with van der Waals surface area (Å²) in [5, 5.41) is 15.4. The van der Waals surface area contributed by atoms with Crippen LogP contribution >= 0.6 is 0 Å². The number of methoxy groups -OCH3 is 1. The summed E-state index contributed by atoms with van der Waals surface area (Å²) in [5.41, 5.74) is -1.89. The predicted octanol–water partition coefficient (Wildman–Crippen LogP) is 1.73. The maximum Gasteiger partial charge on any atom is 0.358 e. The second kappa shape index (κ2) is 5.38. The van der Waals surface area contributed by atoms with Crippen LogP contribution in [0, 0.1) is 0 Å². The summed E-state index contributed by atoms with van der Waals surface area (Å²) < 4.78 is 31.6. The zero-order valence-corrected chi connectivity index (χ0v) is 10.4. The molecule has 1 heterocycles. The molecule has 0 spiro atoms. The molecule has 1 rings (SSSR count). The fraction of sp³-hybridized carbons (Fsp3) is 0.700. The van der Waals surface area contributed by atoms with Gasteiger partial charge < -0.3 is 9.84 Å². The molecular formula is C10H15F2N3O3. The number of hydrogen-bond donors (Lipinski definition) is 1. The Morgan fingerprint density at radius 2 is 2.17 bits per heavy atom. The molecule has 1 N–H and O–H groups in total. The molecule has 0 radical (unpaired) electrons. The fourth-order valence-corrected chi connectivity index (χ4v) is 1.33. The van der Waals surface area contributed by atoms with Gasteiger partial charge in [0.15, 0.2) is 5.69 Å². The van der Waals surface area contributed by atoms with Gasteiger partial charge in [0.25, 0.3) is 6.43 Å². The van der Waals surface area contributed by atoms with Crippen LogP contribution in [0.2, 0.25) is 0 Å². The minimum atomic E-state index is -2.93. The van der Waals surface area contributed by atoms with Crippen molar-refractivity contribution >= 4 is 5.97 Å². The van der Waals surface area contributed by atoms with Crippen LogP contribution in [0.3, 0.4) is 0 Å². The smallest absolute Gasteiger partial charge is 0.358 e. The second-order valence-electron chi connectivity index (χ2n) is 4.37. The number of rotatable bonds is 6. The van der Waals surface area contributed by atoms with E-state index in [2.05, 4.69) is 10.3 Å². The molecule has 0 aliphatic heterocycles. The van der Waals surface area contributed by atoms with Crippen molar-refractivity contribution in [3.63, 3.8) is 0 Å². The molecule has 0 saturated heterocycles. The SMILES string of the molecule is COC(C)(C)CCn1nnc(C(=O)O)c1C(F)F. The highest BCUT2D eigenvalue weighted by atomic mass is 19.3. The van der Waals surface area contributed by atoms with Crippen LogP contribution in [-0.2, 0) is 11.3 Å². The molecule has 0 unspecified atom stereocenters. The van der Waals surface area contributed by atoms with Crippen molar-refractivity contribution in [1.29, 1.82) is 0 Å². The molecule has 0 saturated carbocycles. The lowest BCUT2D eigenvalue weighted by atomic mass is 10.1. The van der Waals surface area contributed by atoms with Gasteiger partial charge >= 0.3 is 5.97 Å². The minimum Gasteiger partial charge on any atom is -0.476 e. The highest BCUT2D eigenvalue weighted by Crippen LogP contribution is 2.23. The van der Waals surface area contributed by atoms with Crippen molar-refractivity contribution in [2.45, 2.75) is 38.8 Å². The van der Waals surface area contributed by atoms with E-state index in [9.17, 15) is 13.6 Å². The maximum absolute atomic E-state index is 12.8. The van der Waals surface area contributed by atoms with Crippen molar-refractivity contribution < 1.29 is 23.4 Å². The van der Waals surface area contributed by atoms with Crippen LogP contribution in [0.5, 0.6) is 0 Å². The number of carbonyl (C=O) groups is 1. The number of carboxylic acids is 1. The fourth-order valence-electron chi connectivity index (χ4n) is 1.33. The van der Waals surface area contributed by atoms with Gasteiger partial charge in [-0.05, 0) is 20.3 Å². The van der Waals surface area contributed by atoms with Gasteiger partial charge in [0.1, 0.15) is 5.69 Å². The second-order valence-corrected chi connectivity index (χ2v) is 4.37. The van der Waals surface area contributed by atoms with E-state index in [1.54, 1.807) is 13.8 Å². The first-order valence-electron chi connectivity index (χ1n) is 5.28. The molecule has 0 amide bonds. The predicted molar refractivity (Wildman–Crippen MR) is 57.6 cm³/mol. The number of ether oxygens (including phenoxy) is 1. The molecule has 0 aliphatic rings. The van der Waals surface area contributed by atoms with Crippen molar-refractivity contribution in [3.8, 4) is 0 Å². The molecule has 8 heteroatoms. The molecule has 1 aromatic rings. The summed E-state index contributed by atoms with van der Waals surface area (Å²) in [6.07, 6.45) is -2.53. The summed E-state index contributed by atoms with van der Waals surface area (Å²) in [6.45, 7) is 3.70. The van der Waals surface area contributed by atoms with E-state index in [0.717, 1.165) is 4.68 Å². The summed E-state index contributed by atoms with van der Waals surface area (Å²) in [7, 11) is 1.51. The van der Waals surface area contributed by atoms with Gasteiger partial charge in [-0.1, -0.05) is 5.21 Å². The summed E-state index contributed by atoms with van der Waals surface area (Å²) in [5.74, 6) is -1.51. The molecule has 0 aliphatic carbocycles. The Kier molecular flexibility index (Phi) is 4.33. The van der Waals surface area contributed by atoms with Crippen molar-refractivity contribution in [2.75, 3.05) is 7.11 Å². The summed E-state index contributed by atoms with van der Waals surface area (Å²) in [4.78, 5) is 10.7.